The topological polar surface area (TPSA) is 56.8 Å². The van der Waals surface area contributed by atoms with Crippen LogP contribution >= 0.6 is 0 Å². The predicted molar refractivity (Wildman–Crippen MR) is 70.7 cm³/mol. The Kier molecular flexibility index (Phi) is 4.87. The minimum atomic E-state index is -0.267. The van der Waals surface area contributed by atoms with Gasteiger partial charge in [0.15, 0.2) is 0 Å². The number of nitrogens with zero attached hydrogens (tertiary/aromatic N) is 1. The molecule has 2 rings (SSSR count). The molecule has 0 unspecified atom stereocenters. The number of oxime groups is 1. The van der Waals surface area contributed by atoms with Crippen molar-refractivity contribution in [3.05, 3.63) is 35.6 Å². The second kappa shape index (κ2) is 6.63. The number of rotatable bonds is 5. The summed E-state index contributed by atoms with van der Waals surface area (Å²) in [5.74, 6) is 0.125. The first-order valence-electron chi connectivity index (χ1n) is 6.48. The molecule has 0 heterocycles. The normalized spacial score (nSPS) is 23.6. The summed E-state index contributed by atoms with van der Waals surface area (Å²) in [7, 11) is 0. The highest BCUT2D eigenvalue weighted by Gasteiger charge is 2.24. The molecule has 1 fully saturated rings. The van der Waals surface area contributed by atoms with Crippen molar-refractivity contribution < 1.29 is 14.3 Å². The van der Waals surface area contributed by atoms with Gasteiger partial charge in [-0.2, -0.15) is 4.89 Å². The lowest BCUT2D eigenvalue weighted by Crippen LogP contribution is -2.17. The van der Waals surface area contributed by atoms with Gasteiger partial charge in [-0.3, -0.25) is 0 Å². The van der Waals surface area contributed by atoms with Crippen molar-refractivity contribution in [2.75, 3.05) is 0 Å². The van der Waals surface area contributed by atoms with Crippen molar-refractivity contribution in [1.29, 1.82) is 0 Å². The SMILES string of the molecule is C/C(=N\OOCc1ccc(F)cc1)[C@H]1CC[C@@H](N)C1. The minimum absolute atomic E-state index is 0.237. The van der Waals surface area contributed by atoms with Crippen LogP contribution in [0.25, 0.3) is 0 Å². The Hall–Kier alpha value is -1.46. The van der Waals surface area contributed by atoms with Gasteiger partial charge in [0, 0.05) is 12.0 Å². The van der Waals surface area contributed by atoms with Gasteiger partial charge >= 0.3 is 0 Å². The monoisotopic (exact) mass is 266 g/mol. The number of nitrogens with two attached hydrogens (primary N) is 1. The molecule has 5 heteroatoms. The van der Waals surface area contributed by atoms with Gasteiger partial charge in [-0.1, -0.05) is 17.3 Å². The zero-order valence-electron chi connectivity index (χ0n) is 11.0. The summed E-state index contributed by atoms with van der Waals surface area (Å²) in [6.07, 6.45) is 3.04. The van der Waals surface area contributed by atoms with Gasteiger partial charge in [-0.15, -0.1) is 0 Å². The van der Waals surface area contributed by atoms with Crippen LogP contribution in [0.5, 0.6) is 0 Å². The lowest BCUT2D eigenvalue weighted by Gasteiger charge is -2.07. The van der Waals surface area contributed by atoms with Crippen molar-refractivity contribution in [3.63, 3.8) is 0 Å². The molecule has 1 aromatic carbocycles. The van der Waals surface area contributed by atoms with Crippen LogP contribution in [-0.2, 0) is 16.5 Å². The molecule has 4 nitrogen and oxygen atoms in total. The Morgan fingerprint density at radius 3 is 2.74 bits per heavy atom. The molecule has 1 saturated carbocycles. The van der Waals surface area contributed by atoms with Gasteiger partial charge in [0.05, 0.1) is 5.71 Å². The van der Waals surface area contributed by atoms with Gasteiger partial charge in [0.25, 0.3) is 0 Å². The van der Waals surface area contributed by atoms with Gasteiger partial charge in [-0.25, -0.2) is 9.38 Å². The minimum Gasteiger partial charge on any atom is -0.328 e. The summed E-state index contributed by atoms with van der Waals surface area (Å²) in [6, 6.07) is 6.33. The third-order valence-electron chi connectivity index (χ3n) is 3.44. The van der Waals surface area contributed by atoms with E-state index in [0.29, 0.717) is 5.92 Å². The smallest absolute Gasteiger partial charge is 0.123 e. The van der Waals surface area contributed by atoms with E-state index in [2.05, 4.69) is 5.16 Å². The fourth-order valence-corrected chi connectivity index (χ4v) is 2.23. The third-order valence-corrected chi connectivity index (χ3v) is 3.44. The van der Waals surface area contributed by atoms with E-state index in [0.717, 1.165) is 30.5 Å². The average molecular weight is 266 g/mol. The van der Waals surface area contributed by atoms with Crippen molar-refractivity contribution in [3.8, 4) is 0 Å². The van der Waals surface area contributed by atoms with Crippen molar-refractivity contribution in [2.24, 2.45) is 16.8 Å². The Morgan fingerprint density at radius 2 is 2.11 bits per heavy atom. The van der Waals surface area contributed by atoms with E-state index in [1.807, 2.05) is 6.92 Å². The molecule has 0 spiro atoms. The molecule has 1 aromatic rings. The standard InChI is InChI=1S/C14H19FN2O2/c1-10(12-4-7-14(16)8-12)17-19-18-9-11-2-5-13(15)6-3-11/h2-3,5-6,12,14H,4,7-9,16H2,1H3/b17-10+/t12-,14+/m0/s1. The molecule has 1 aliphatic rings. The lowest BCUT2D eigenvalue weighted by molar-refractivity contribution is -0.305. The van der Waals surface area contributed by atoms with E-state index in [1.54, 1.807) is 12.1 Å². The Morgan fingerprint density at radius 1 is 1.37 bits per heavy atom. The number of hydrogen-bond acceptors (Lipinski definition) is 4. The summed E-state index contributed by atoms with van der Waals surface area (Å²) >= 11 is 0. The summed E-state index contributed by atoms with van der Waals surface area (Å²) in [5.41, 5.74) is 7.59. The third kappa shape index (κ3) is 4.29. The zero-order chi connectivity index (χ0) is 13.7. The first-order chi connectivity index (χ1) is 9.15. The molecular weight excluding hydrogens is 247 g/mol. The zero-order valence-corrected chi connectivity index (χ0v) is 11.0. The highest BCUT2D eigenvalue weighted by Crippen LogP contribution is 2.25. The van der Waals surface area contributed by atoms with Crippen LogP contribution in [0.2, 0.25) is 0 Å². The molecule has 1 aliphatic carbocycles. The van der Waals surface area contributed by atoms with Crippen LogP contribution in [-0.4, -0.2) is 11.8 Å². The molecule has 19 heavy (non-hydrogen) atoms. The molecule has 0 radical (unpaired) electrons. The molecule has 0 amide bonds. The Bertz CT molecular complexity index is 434. The highest BCUT2D eigenvalue weighted by atomic mass is 19.1. The van der Waals surface area contributed by atoms with Gasteiger partial charge < -0.3 is 5.73 Å². The first-order valence-corrected chi connectivity index (χ1v) is 6.48. The molecule has 0 saturated heterocycles. The Balaban J connectivity index is 1.72. The maximum Gasteiger partial charge on any atom is 0.123 e. The summed E-state index contributed by atoms with van der Waals surface area (Å²) in [4.78, 5) is 9.81. The largest absolute Gasteiger partial charge is 0.328 e. The van der Waals surface area contributed by atoms with E-state index in [4.69, 9.17) is 15.6 Å². The van der Waals surface area contributed by atoms with Crippen LogP contribution in [0.1, 0.15) is 31.7 Å². The van der Waals surface area contributed by atoms with Crippen LogP contribution in [0.3, 0.4) is 0 Å². The second-order valence-electron chi connectivity index (χ2n) is 4.97. The van der Waals surface area contributed by atoms with E-state index in [9.17, 15) is 4.39 Å². The van der Waals surface area contributed by atoms with Crippen LogP contribution in [0.15, 0.2) is 29.4 Å². The van der Waals surface area contributed by atoms with Crippen molar-refractivity contribution >= 4 is 5.71 Å². The quantitative estimate of drug-likeness (QED) is 0.386. The van der Waals surface area contributed by atoms with E-state index in [1.165, 1.54) is 12.1 Å². The molecule has 0 aromatic heterocycles. The molecule has 0 bridgehead atoms. The van der Waals surface area contributed by atoms with E-state index >= 15 is 0 Å². The number of benzene rings is 1. The second-order valence-corrected chi connectivity index (χ2v) is 4.97. The fourth-order valence-electron chi connectivity index (χ4n) is 2.23. The molecule has 2 N–H and O–H groups in total. The number of halogens is 1. The first kappa shape index (κ1) is 14.0. The summed E-state index contributed by atoms with van der Waals surface area (Å²) in [6.45, 7) is 2.16. The van der Waals surface area contributed by atoms with E-state index < -0.39 is 0 Å². The number of hydrogen-bond donors (Lipinski definition) is 1. The van der Waals surface area contributed by atoms with E-state index in [-0.39, 0.29) is 18.5 Å². The van der Waals surface area contributed by atoms with Crippen molar-refractivity contribution in [1.82, 2.24) is 0 Å². The lowest BCUT2D eigenvalue weighted by atomic mass is 10.0. The summed E-state index contributed by atoms with van der Waals surface area (Å²) < 4.78 is 12.7. The van der Waals surface area contributed by atoms with Gasteiger partial charge in [0.1, 0.15) is 12.4 Å². The van der Waals surface area contributed by atoms with Gasteiger partial charge in [-0.05, 0) is 43.9 Å². The van der Waals surface area contributed by atoms with Crippen LogP contribution in [0, 0.1) is 11.7 Å². The molecule has 0 aliphatic heterocycles. The molecule has 104 valence electrons. The van der Waals surface area contributed by atoms with Gasteiger partial charge in [0.2, 0.25) is 0 Å². The maximum atomic E-state index is 12.7. The average Bonchev–Trinajstić information content (AvgIpc) is 2.83. The predicted octanol–water partition coefficient (Wildman–Crippen LogP) is 2.78. The van der Waals surface area contributed by atoms with Crippen LogP contribution in [0.4, 0.5) is 4.39 Å². The van der Waals surface area contributed by atoms with Crippen LogP contribution < -0.4 is 5.73 Å². The highest BCUT2D eigenvalue weighted by molar-refractivity contribution is 5.84. The van der Waals surface area contributed by atoms with Crippen molar-refractivity contribution in [2.45, 2.75) is 38.8 Å². The fraction of sp³-hybridized carbons (Fsp3) is 0.500. The Labute approximate surface area is 112 Å². The molecular formula is C14H19FN2O2. The summed E-state index contributed by atoms with van der Waals surface area (Å²) in [5, 5.41) is 3.94. The molecule has 2 atom stereocenters. The maximum absolute atomic E-state index is 12.7.